The van der Waals surface area contributed by atoms with Gasteiger partial charge in [-0.1, -0.05) is 19.8 Å². The number of ketones is 1. The molecule has 1 heterocycles. The van der Waals surface area contributed by atoms with Crippen molar-refractivity contribution >= 4 is 5.78 Å². The Morgan fingerprint density at radius 3 is 2.57 bits per heavy atom. The van der Waals surface area contributed by atoms with E-state index in [1.165, 1.54) is 25.7 Å². The summed E-state index contributed by atoms with van der Waals surface area (Å²) >= 11 is 0. The van der Waals surface area contributed by atoms with E-state index in [0.29, 0.717) is 5.78 Å². The van der Waals surface area contributed by atoms with E-state index in [1.54, 1.807) is 0 Å². The van der Waals surface area contributed by atoms with Crippen LogP contribution in [0.15, 0.2) is 0 Å². The third-order valence-electron chi connectivity index (χ3n) is 3.78. The average Bonchev–Trinajstić information content (AvgIpc) is 2.19. The fraction of sp³-hybridized carbons (Fsp3) is 0.917. The molecular formula is C12H21NO. The van der Waals surface area contributed by atoms with Gasteiger partial charge in [-0.2, -0.15) is 0 Å². The van der Waals surface area contributed by atoms with E-state index in [1.807, 2.05) is 0 Å². The molecule has 1 aliphatic carbocycles. The molecule has 1 aliphatic heterocycles. The average molecular weight is 195 g/mol. The summed E-state index contributed by atoms with van der Waals surface area (Å²) in [6, 6.07) is 0.784. The zero-order chi connectivity index (χ0) is 9.97. The second-order valence-electron chi connectivity index (χ2n) is 5.00. The predicted molar refractivity (Wildman–Crippen MR) is 57.2 cm³/mol. The molecule has 0 bridgehead atoms. The Labute approximate surface area is 86.7 Å². The molecule has 0 aromatic carbocycles. The molecule has 2 atom stereocenters. The first-order chi connectivity index (χ1) is 6.75. The van der Waals surface area contributed by atoms with Gasteiger partial charge < -0.3 is 0 Å². The van der Waals surface area contributed by atoms with Crippen molar-refractivity contribution in [3.05, 3.63) is 0 Å². The lowest BCUT2D eigenvalue weighted by atomic mass is 9.85. The Kier molecular flexibility index (Phi) is 3.22. The maximum atomic E-state index is 11.1. The normalized spacial score (nSPS) is 35.9. The third kappa shape index (κ3) is 2.35. The molecular weight excluding hydrogens is 174 g/mol. The number of hydrogen-bond acceptors (Lipinski definition) is 2. The van der Waals surface area contributed by atoms with Gasteiger partial charge in [-0.3, -0.25) is 9.69 Å². The predicted octanol–water partition coefficient (Wildman–Crippen LogP) is 2.23. The third-order valence-corrected chi connectivity index (χ3v) is 3.78. The van der Waals surface area contributed by atoms with Gasteiger partial charge in [-0.25, -0.2) is 0 Å². The highest BCUT2D eigenvalue weighted by molar-refractivity contribution is 5.79. The van der Waals surface area contributed by atoms with E-state index >= 15 is 0 Å². The molecule has 1 saturated carbocycles. The van der Waals surface area contributed by atoms with Gasteiger partial charge in [0.2, 0.25) is 0 Å². The second-order valence-corrected chi connectivity index (χ2v) is 5.00. The van der Waals surface area contributed by atoms with Crippen LogP contribution in [-0.2, 0) is 4.79 Å². The summed E-state index contributed by atoms with van der Waals surface area (Å²) in [5.74, 6) is 1.36. The lowest BCUT2D eigenvalue weighted by molar-refractivity contribution is -0.122. The van der Waals surface area contributed by atoms with Gasteiger partial charge in [0.15, 0.2) is 0 Å². The van der Waals surface area contributed by atoms with E-state index < -0.39 is 0 Å². The van der Waals surface area contributed by atoms with Crippen molar-refractivity contribution in [3.63, 3.8) is 0 Å². The topological polar surface area (TPSA) is 20.3 Å². The lowest BCUT2D eigenvalue weighted by Gasteiger charge is -2.38. The number of hydrogen-bond donors (Lipinski definition) is 0. The first kappa shape index (κ1) is 10.2. The van der Waals surface area contributed by atoms with E-state index in [9.17, 15) is 4.79 Å². The Morgan fingerprint density at radius 2 is 1.93 bits per heavy atom. The van der Waals surface area contributed by atoms with Gasteiger partial charge in [0, 0.05) is 32.0 Å². The standard InChI is InChI=1S/C12H21NO/c1-10-3-2-4-11(9-10)13-7-5-12(14)6-8-13/h10-11H,2-9H2,1H3/t10-,11-/m1/s1. The minimum absolute atomic E-state index is 0.463. The summed E-state index contributed by atoms with van der Waals surface area (Å²) < 4.78 is 0. The lowest BCUT2D eigenvalue weighted by Crippen LogP contribution is -2.43. The molecule has 0 aromatic heterocycles. The number of rotatable bonds is 1. The van der Waals surface area contributed by atoms with Crippen LogP contribution in [0.3, 0.4) is 0 Å². The highest BCUT2D eigenvalue weighted by Crippen LogP contribution is 2.28. The Balaban J connectivity index is 1.85. The molecule has 0 aromatic rings. The number of likely N-dealkylation sites (tertiary alicyclic amines) is 1. The van der Waals surface area contributed by atoms with Crippen molar-refractivity contribution < 1.29 is 4.79 Å². The van der Waals surface area contributed by atoms with E-state index in [2.05, 4.69) is 11.8 Å². The van der Waals surface area contributed by atoms with Crippen LogP contribution in [-0.4, -0.2) is 29.8 Å². The quantitative estimate of drug-likeness (QED) is 0.639. The second kappa shape index (κ2) is 4.43. The zero-order valence-electron chi connectivity index (χ0n) is 9.17. The van der Waals surface area contributed by atoms with Gasteiger partial charge in [-0.05, 0) is 18.8 Å². The molecule has 80 valence electrons. The molecule has 0 unspecified atom stereocenters. The van der Waals surface area contributed by atoms with E-state index in [0.717, 1.165) is 37.9 Å². The van der Waals surface area contributed by atoms with Crippen molar-refractivity contribution in [1.29, 1.82) is 0 Å². The number of piperidine rings is 1. The number of Topliss-reactive ketones (excluding diaryl/α,β-unsaturated/α-hetero) is 1. The monoisotopic (exact) mass is 195 g/mol. The summed E-state index contributed by atoms with van der Waals surface area (Å²) in [5, 5.41) is 0. The fourth-order valence-corrected chi connectivity index (χ4v) is 2.87. The minimum atomic E-state index is 0.463. The van der Waals surface area contributed by atoms with Crippen molar-refractivity contribution in [2.45, 2.75) is 51.5 Å². The molecule has 0 N–H and O–H groups in total. The minimum Gasteiger partial charge on any atom is -0.300 e. The van der Waals surface area contributed by atoms with Crippen molar-refractivity contribution in [2.24, 2.45) is 5.92 Å². The first-order valence-corrected chi connectivity index (χ1v) is 6.01. The van der Waals surface area contributed by atoms with E-state index in [-0.39, 0.29) is 0 Å². The van der Waals surface area contributed by atoms with Crippen LogP contribution >= 0.6 is 0 Å². The molecule has 2 heteroatoms. The summed E-state index contributed by atoms with van der Waals surface area (Å²) in [5.41, 5.74) is 0. The molecule has 2 aliphatic rings. The van der Waals surface area contributed by atoms with Crippen LogP contribution in [0, 0.1) is 5.92 Å². The van der Waals surface area contributed by atoms with Gasteiger partial charge in [0.05, 0.1) is 0 Å². The molecule has 0 radical (unpaired) electrons. The van der Waals surface area contributed by atoms with Gasteiger partial charge in [0.1, 0.15) is 5.78 Å². The summed E-state index contributed by atoms with van der Waals surface area (Å²) in [6.07, 6.45) is 7.10. The van der Waals surface area contributed by atoms with Gasteiger partial charge >= 0.3 is 0 Å². The number of nitrogens with zero attached hydrogens (tertiary/aromatic N) is 1. The van der Waals surface area contributed by atoms with E-state index in [4.69, 9.17) is 0 Å². The molecule has 0 spiro atoms. The largest absolute Gasteiger partial charge is 0.300 e. The molecule has 2 fully saturated rings. The van der Waals surface area contributed by atoms with Crippen molar-refractivity contribution in [3.8, 4) is 0 Å². The Morgan fingerprint density at radius 1 is 1.21 bits per heavy atom. The summed E-state index contributed by atoms with van der Waals surface area (Å²) in [4.78, 5) is 13.7. The van der Waals surface area contributed by atoms with Crippen LogP contribution in [0.25, 0.3) is 0 Å². The number of carbonyl (C=O) groups excluding carboxylic acids is 1. The maximum absolute atomic E-state index is 11.1. The molecule has 0 amide bonds. The maximum Gasteiger partial charge on any atom is 0.135 e. The summed E-state index contributed by atoms with van der Waals surface area (Å²) in [6.45, 7) is 4.41. The first-order valence-electron chi connectivity index (χ1n) is 6.01. The zero-order valence-corrected chi connectivity index (χ0v) is 9.17. The molecule has 2 nitrogen and oxygen atoms in total. The van der Waals surface area contributed by atoms with Crippen LogP contribution in [0.2, 0.25) is 0 Å². The summed E-state index contributed by atoms with van der Waals surface area (Å²) in [7, 11) is 0. The highest BCUT2D eigenvalue weighted by Gasteiger charge is 2.27. The number of carbonyl (C=O) groups is 1. The fourth-order valence-electron chi connectivity index (χ4n) is 2.87. The SMILES string of the molecule is C[C@@H]1CCC[C@@H](N2CCC(=O)CC2)C1. The highest BCUT2D eigenvalue weighted by atomic mass is 16.1. The molecule has 14 heavy (non-hydrogen) atoms. The van der Waals surface area contributed by atoms with Crippen molar-refractivity contribution in [1.82, 2.24) is 4.90 Å². The Hall–Kier alpha value is -0.370. The van der Waals surface area contributed by atoms with Gasteiger partial charge in [-0.15, -0.1) is 0 Å². The smallest absolute Gasteiger partial charge is 0.135 e. The van der Waals surface area contributed by atoms with Crippen LogP contribution in [0.5, 0.6) is 0 Å². The van der Waals surface area contributed by atoms with Crippen LogP contribution < -0.4 is 0 Å². The Bertz CT molecular complexity index is 204. The van der Waals surface area contributed by atoms with Crippen LogP contribution in [0.4, 0.5) is 0 Å². The molecule has 1 saturated heterocycles. The van der Waals surface area contributed by atoms with Crippen LogP contribution in [0.1, 0.15) is 45.4 Å². The molecule has 2 rings (SSSR count). The van der Waals surface area contributed by atoms with Gasteiger partial charge in [0.25, 0.3) is 0 Å². The van der Waals surface area contributed by atoms with Crippen molar-refractivity contribution in [2.75, 3.05) is 13.1 Å².